The number of carbonyl (C=O) groups excluding carboxylic acids is 1. The molecule has 108 valence electrons. The van der Waals surface area contributed by atoms with Crippen LogP contribution in [0.1, 0.15) is 20.8 Å². The lowest BCUT2D eigenvalue weighted by Gasteiger charge is -2.39. The molecule has 1 aliphatic heterocycles. The van der Waals surface area contributed by atoms with E-state index in [0.29, 0.717) is 6.54 Å². The molecule has 1 rings (SSSR count). The van der Waals surface area contributed by atoms with Crippen LogP contribution in [0.3, 0.4) is 0 Å². The molecule has 1 unspecified atom stereocenters. The summed E-state index contributed by atoms with van der Waals surface area (Å²) >= 11 is 0. The number of aliphatic hydroxyl groups is 1. The van der Waals surface area contributed by atoms with E-state index >= 15 is 0 Å². The van der Waals surface area contributed by atoms with Gasteiger partial charge in [0.05, 0.1) is 18.2 Å². The molecule has 0 saturated carbocycles. The summed E-state index contributed by atoms with van der Waals surface area (Å²) < 4.78 is 0. The Morgan fingerprint density at radius 1 is 1.42 bits per heavy atom. The third-order valence-corrected chi connectivity index (χ3v) is 3.31. The number of piperazine rings is 1. The minimum absolute atomic E-state index is 0.0195. The molecule has 19 heavy (non-hydrogen) atoms. The fraction of sp³-hybridized carbons (Fsp3) is 0.786. The van der Waals surface area contributed by atoms with Crippen molar-refractivity contribution in [3.63, 3.8) is 0 Å². The smallest absolute Gasteiger partial charge is 0.237 e. The third-order valence-electron chi connectivity index (χ3n) is 3.31. The number of nitrogens with one attached hydrogen (secondary N) is 1. The monoisotopic (exact) mass is 267 g/mol. The molecule has 0 aliphatic carbocycles. The van der Waals surface area contributed by atoms with Gasteiger partial charge in [-0.05, 0) is 20.8 Å². The summed E-state index contributed by atoms with van der Waals surface area (Å²) in [6.07, 6.45) is 5.12. The Bertz CT molecular complexity index is 336. The zero-order chi connectivity index (χ0) is 14.5. The number of β-amino-alcohol motifs (C(OH)–C–C–N with tert-alkyl or cyclic N) is 1. The van der Waals surface area contributed by atoms with Crippen LogP contribution in [0.5, 0.6) is 0 Å². The Labute approximate surface area is 116 Å². The first-order chi connectivity index (χ1) is 8.83. The second-order valence-corrected chi connectivity index (χ2v) is 5.72. The SMILES string of the molecule is C#CCNC(=O)C(C)N1CCN(CC(C)(C)O)CC1. The third kappa shape index (κ3) is 5.60. The first-order valence-corrected chi connectivity index (χ1v) is 6.73. The van der Waals surface area contributed by atoms with Crippen LogP contribution < -0.4 is 5.32 Å². The van der Waals surface area contributed by atoms with Crippen LogP contribution >= 0.6 is 0 Å². The van der Waals surface area contributed by atoms with Crippen LogP contribution in [-0.2, 0) is 4.79 Å². The van der Waals surface area contributed by atoms with Crippen LogP contribution in [-0.4, -0.2) is 71.7 Å². The van der Waals surface area contributed by atoms with E-state index in [2.05, 4.69) is 21.0 Å². The molecule has 0 spiro atoms. The Kier molecular flexibility index (Phi) is 5.80. The van der Waals surface area contributed by atoms with Crippen LogP contribution in [0, 0.1) is 12.3 Å². The van der Waals surface area contributed by atoms with E-state index in [4.69, 9.17) is 6.42 Å². The lowest BCUT2D eigenvalue weighted by molar-refractivity contribution is -0.126. The number of carbonyl (C=O) groups is 1. The average molecular weight is 267 g/mol. The van der Waals surface area contributed by atoms with Gasteiger partial charge in [0.2, 0.25) is 5.91 Å². The van der Waals surface area contributed by atoms with Gasteiger partial charge in [-0.25, -0.2) is 0 Å². The highest BCUT2D eigenvalue weighted by Gasteiger charge is 2.27. The van der Waals surface area contributed by atoms with Crippen molar-refractivity contribution < 1.29 is 9.90 Å². The van der Waals surface area contributed by atoms with Gasteiger partial charge < -0.3 is 10.4 Å². The second kappa shape index (κ2) is 6.90. The van der Waals surface area contributed by atoms with E-state index in [-0.39, 0.29) is 18.5 Å². The molecule has 2 N–H and O–H groups in total. The van der Waals surface area contributed by atoms with Gasteiger partial charge in [0.1, 0.15) is 0 Å². The molecular weight excluding hydrogens is 242 g/mol. The van der Waals surface area contributed by atoms with Gasteiger partial charge in [-0.2, -0.15) is 0 Å². The van der Waals surface area contributed by atoms with Crippen molar-refractivity contribution in [2.75, 3.05) is 39.3 Å². The van der Waals surface area contributed by atoms with Gasteiger partial charge in [-0.15, -0.1) is 6.42 Å². The molecule has 1 heterocycles. The van der Waals surface area contributed by atoms with Crippen molar-refractivity contribution in [2.45, 2.75) is 32.4 Å². The normalized spacial score (nSPS) is 19.7. The molecular formula is C14H25N3O2. The average Bonchev–Trinajstić information content (AvgIpc) is 2.34. The summed E-state index contributed by atoms with van der Waals surface area (Å²) in [5.74, 6) is 2.38. The second-order valence-electron chi connectivity index (χ2n) is 5.72. The highest BCUT2D eigenvalue weighted by atomic mass is 16.3. The van der Waals surface area contributed by atoms with E-state index in [9.17, 15) is 9.90 Å². The fourth-order valence-electron chi connectivity index (χ4n) is 2.31. The molecule has 0 radical (unpaired) electrons. The van der Waals surface area contributed by atoms with Gasteiger partial charge in [0.25, 0.3) is 0 Å². The Balaban J connectivity index is 2.37. The summed E-state index contributed by atoms with van der Waals surface area (Å²) in [5.41, 5.74) is -0.669. The predicted molar refractivity (Wildman–Crippen MR) is 75.6 cm³/mol. The quantitative estimate of drug-likeness (QED) is 0.660. The van der Waals surface area contributed by atoms with Gasteiger partial charge in [-0.1, -0.05) is 5.92 Å². The number of nitrogens with zero attached hydrogens (tertiary/aromatic N) is 2. The van der Waals surface area contributed by atoms with E-state index in [1.807, 2.05) is 20.8 Å². The van der Waals surface area contributed by atoms with Crippen LogP contribution in [0.15, 0.2) is 0 Å². The molecule has 5 nitrogen and oxygen atoms in total. The van der Waals surface area contributed by atoms with Crippen LogP contribution in [0.25, 0.3) is 0 Å². The van der Waals surface area contributed by atoms with Crippen molar-refractivity contribution >= 4 is 5.91 Å². The van der Waals surface area contributed by atoms with Gasteiger partial charge in [0, 0.05) is 32.7 Å². The molecule has 1 fully saturated rings. The predicted octanol–water partition coefficient (Wildman–Crippen LogP) is -0.487. The van der Waals surface area contributed by atoms with Crippen molar-refractivity contribution in [1.29, 1.82) is 0 Å². The standard InChI is InChI=1S/C14H25N3O2/c1-5-6-15-13(18)12(2)17-9-7-16(8-10-17)11-14(3,4)19/h1,12,19H,6-11H2,2-4H3,(H,15,18). The van der Waals surface area contributed by atoms with Crippen molar-refractivity contribution in [1.82, 2.24) is 15.1 Å². The number of hydrogen-bond acceptors (Lipinski definition) is 4. The summed E-state index contributed by atoms with van der Waals surface area (Å²) in [4.78, 5) is 16.2. The maximum absolute atomic E-state index is 11.8. The molecule has 1 saturated heterocycles. The van der Waals surface area contributed by atoms with Crippen molar-refractivity contribution in [3.8, 4) is 12.3 Å². The first kappa shape index (κ1) is 16.0. The lowest BCUT2D eigenvalue weighted by Crippen LogP contribution is -2.55. The summed E-state index contributed by atoms with van der Waals surface area (Å²) in [7, 11) is 0. The number of terminal acetylenes is 1. The molecule has 0 aromatic rings. The molecule has 1 amide bonds. The van der Waals surface area contributed by atoms with Crippen LogP contribution in [0.2, 0.25) is 0 Å². The van der Waals surface area contributed by atoms with Gasteiger partial charge >= 0.3 is 0 Å². The van der Waals surface area contributed by atoms with E-state index < -0.39 is 5.60 Å². The molecule has 1 atom stereocenters. The number of amides is 1. The van der Waals surface area contributed by atoms with Crippen molar-refractivity contribution in [2.24, 2.45) is 0 Å². The molecule has 0 aromatic carbocycles. The van der Waals surface area contributed by atoms with Gasteiger partial charge in [0.15, 0.2) is 0 Å². The fourth-order valence-corrected chi connectivity index (χ4v) is 2.31. The highest BCUT2D eigenvalue weighted by Crippen LogP contribution is 2.10. The first-order valence-electron chi connectivity index (χ1n) is 6.73. The lowest BCUT2D eigenvalue weighted by atomic mass is 10.1. The minimum Gasteiger partial charge on any atom is -0.389 e. The maximum atomic E-state index is 11.8. The topological polar surface area (TPSA) is 55.8 Å². The number of hydrogen-bond donors (Lipinski definition) is 2. The van der Waals surface area contributed by atoms with Crippen LogP contribution in [0.4, 0.5) is 0 Å². The molecule has 5 heteroatoms. The maximum Gasteiger partial charge on any atom is 0.237 e. The Hall–Kier alpha value is -1.09. The Morgan fingerprint density at radius 2 is 2.00 bits per heavy atom. The molecule has 0 bridgehead atoms. The minimum atomic E-state index is -0.669. The van der Waals surface area contributed by atoms with E-state index in [1.165, 1.54) is 0 Å². The van der Waals surface area contributed by atoms with E-state index in [1.54, 1.807) is 0 Å². The largest absolute Gasteiger partial charge is 0.389 e. The molecule has 0 aromatic heterocycles. The number of rotatable bonds is 5. The molecule has 1 aliphatic rings. The summed E-state index contributed by atoms with van der Waals surface area (Å²) in [5, 5.41) is 12.5. The highest BCUT2D eigenvalue weighted by molar-refractivity contribution is 5.81. The Morgan fingerprint density at radius 3 is 2.47 bits per heavy atom. The zero-order valence-corrected chi connectivity index (χ0v) is 12.1. The zero-order valence-electron chi connectivity index (χ0n) is 12.1. The van der Waals surface area contributed by atoms with E-state index in [0.717, 1.165) is 26.2 Å². The summed E-state index contributed by atoms with van der Waals surface area (Å²) in [6, 6.07) is -0.155. The summed E-state index contributed by atoms with van der Waals surface area (Å²) in [6.45, 7) is 9.89. The van der Waals surface area contributed by atoms with Gasteiger partial charge in [-0.3, -0.25) is 14.6 Å². The van der Waals surface area contributed by atoms with Crippen molar-refractivity contribution in [3.05, 3.63) is 0 Å².